The first-order valence-corrected chi connectivity index (χ1v) is 5.48. The minimum atomic E-state index is 0.939. The monoisotopic (exact) mass is 207 g/mol. The van der Waals surface area contributed by atoms with Gasteiger partial charge in [-0.1, -0.05) is 66.7 Å². The van der Waals surface area contributed by atoms with Crippen molar-refractivity contribution in [2.45, 2.75) is 6.42 Å². The molecular formula is C16H15. The van der Waals surface area contributed by atoms with Crippen LogP contribution < -0.4 is 0 Å². The van der Waals surface area contributed by atoms with Gasteiger partial charge in [0, 0.05) is 5.92 Å². The second kappa shape index (κ2) is 5.32. The van der Waals surface area contributed by atoms with E-state index in [0.717, 1.165) is 6.42 Å². The molecule has 16 heavy (non-hydrogen) atoms. The van der Waals surface area contributed by atoms with Gasteiger partial charge >= 0.3 is 0 Å². The number of benzene rings is 2. The second-order valence-corrected chi connectivity index (χ2v) is 3.76. The quantitative estimate of drug-likeness (QED) is 0.709. The van der Waals surface area contributed by atoms with Gasteiger partial charge in [-0.3, -0.25) is 0 Å². The highest BCUT2D eigenvalue weighted by atomic mass is 14.1. The summed E-state index contributed by atoms with van der Waals surface area (Å²) in [5, 5.41) is 0. The van der Waals surface area contributed by atoms with Crippen molar-refractivity contribution in [2.75, 3.05) is 0 Å². The summed E-state index contributed by atoms with van der Waals surface area (Å²) in [6, 6.07) is 20.9. The normalized spacial score (nSPS) is 10.3. The summed E-state index contributed by atoms with van der Waals surface area (Å²) >= 11 is 0. The molecule has 0 saturated carbocycles. The molecule has 0 nitrogen and oxygen atoms in total. The maximum absolute atomic E-state index is 3.90. The maximum atomic E-state index is 3.90. The molecule has 0 bridgehead atoms. The lowest BCUT2D eigenvalue weighted by Crippen LogP contribution is -2.00. The summed E-state index contributed by atoms with van der Waals surface area (Å²) in [6.07, 6.45) is 2.89. The lowest BCUT2D eigenvalue weighted by atomic mass is 9.92. The molecule has 1 radical (unpaired) electrons. The first-order valence-electron chi connectivity index (χ1n) is 5.48. The summed E-state index contributed by atoms with van der Waals surface area (Å²) in [5.74, 6) is 1.27. The predicted molar refractivity (Wildman–Crippen MR) is 69.1 cm³/mol. The SMILES string of the molecule is C=C[C](Cc1ccccc1)c1ccccc1. The molecule has 79 valence electrons. The van der Waals surface area contributed by atoms with E-state index in [0.29, 0.717) is 0 Å². The van der Waals surface area contributed by atoms with Gasteiger partial charge in [0.2, 0.25) is 0 Å². The Morgan fingerprint density at radius 2 is 1.44 bits per heavy atom. The fraction of sp³-hybridized carbons (Fsp3) is 0.0625. The number of hydrogen-bond donors (Lipinski definition) is 0. The Labute approximate surface area is 97.3 Å². The van der Waals surface area contributed by atoms with Gasteiger partial charge in [0.1, 0.15) is 0 Å². The molecule has 0 atom stereocenters. The van der Waals surface area contributed by atoms with Crippen LogP contribution in [-0.2, 0) is 6.42 Å². The van der Waals surface area contributed by atoms with Gasteiger partial charge in [-0.05, 0) is 17.5 Å². The molecule has 0 heteroatoms. The van der Waals surface area contributed by atoms with Gasteiger partial charge in [0.25, 0.3) is 0 Å². The third-order valence-corrected chi connectivity index (χ3v) is 2.63. The van der Waals surface area contributed by atoms with Gasteiger partial charge in [0.05, 0.1) is 0 Å². The molecule has 0 aliphatic carbocycles. The molecule has 0 amide bonds. The van der Waals surface area contributed by atoms with Gasteiger partial charge in [0.15, 0.2) is 0 Å². The average molecular weight is 207 g/mol. The summed E-state index contributed by atoms with van der Waals surface area (Å²) in [5.41, 5.74) is 2.57. The molecule has 0 aliphatic heterocycles. The number of rotatable bonds is 4. The average Bonchev–Trinajstić information content (AvgIpc) is 2.38. The molecule has 0 fully saturated rings. The van der Waals surface area contributed by atoms with Crippen LogP contribution in [0.15, 0.2) is 73.3 Å². The topological polar surface area (TPSA) is 0 Å². The van der Waals surface area contributed by atoms with E-state index in [9.17, 15) is 0 Å². The van der Waals surface area contributed by atoms with E-state index in [1.54, 1.807) is 0 Å². The Balaban J connectivity index is 2.16. The van der Waals surface area contributed by atoms with E-state index >= 15 is 0 Å². The molecule has 0 aliphatic rings. The van der Waals surface area contributed by atoms with E-state index in [1.165, 1.54) is 17.0 Å². The lowest BCUT2D eigenvalue weighted by molar-refractivity contribution is 1.06. The van der Waals surface area contributed by atoms with Crippen molar-refractivity contribution in [3.8, 4) is 0 Å². The van der Waals surface area contributed by atoms with Crippen LogP contribution in [0.2, 0.25) is 0 Å². The van der Waals surface area contributed by atoms with E-state index in [2.05, 4.69) is 55.1 Å². The van der Waals surface area contributed by atoms with Crippen LogP contribution >= 0.6 is 0 Å². The van der Waals surface area contributed by atoms with Crippen molar-refractivity contribution in [3.05, 3.63) is 90.4 Å². The third-order valence-electron chi connectivity index (χ3n) is 2.63. The van der Waals surface area contributed by atoms with E-state index in [4.69, 9.17) is 0 Å². The Bertz CT molecular complexity index is 428. The zero-order valence-corrected chi connectivity index (χ0v) is 9.27. The molecular weight excluding hydrogens is 192 g/mol. The van der Waals surface area contributed by atoms with Crippen molar-refractivity contribution in [2.24, 2.45) is 0 Å². The van der Waals surface area contributed by atoms with Crippen LogP contribution in [0, 0.1) is 5.92 Å². The van der Waals surface area contributed by atoms with Gasteiger partial charge < -0.3 is 0 Å². The molecule has 2 rings (SSSR count). The van der Waals surface area contributed by atoms with Crippen molar-refractivity contribution >= 4 is 0 Å². The zero-order valence-electron chi connectivity index (χ0n) is 9.27. The summed E-state index contributed by atoms with van der Waals surface area (Å²) < 4.78 is 0. The standard InChI is InChI=1S/C16H15/c1-2-15(16-11-7-4-8-12-16)13-14-9-5-3-6-10-14/h2-12H,1,13H2. The van der Waals surface area contributed by atoms with E-state index in [-0.39, 0.29) is 0 Å². The van der Waals surface area contributed by atoms with Gasteiger partial charge in [-0.15, -0.1) is 6.58 Å². The maximum Gasteiger partial charge on any atom is 0.0304 e. The first-order chi connectivity index (χ1) is 7.90. The van der Waals surface area contributed by atoms with Crippen LogP contribution in [0.1, 0.15) is 11.1 Å². The van der Waals surface area contributed by atoms with Crippen molar-refractivity contribution in [1.29, 1.82) is 0 Å². The minimum absolute atomic E-state index is 0.939. The molecule has 0 unspecified atom stereocenters. The Hall–Kier alpha value is -1.82. The Morgan fingerprint density at radius 1 is 0.875 bits per heavy atom. The molecule has 0 aromatic heterocycles. The molecule has 0 saturated heterocycles. The van der Waals surface area contributed by atoms with Gasteiger partial charge in [-0.2, -0.15) is 0 Å². The summed E-state index contributed by atoms with van der Waals surface area (Å²) in [4.78, 5) is 0. The van der Waals surface area contributed by atoms with Gasteiger partial charge in [-0.25, -0.2) is 0 Å². The second-order valence-electron chi connectivity index (χ2n) is 3.76. The fourth-order valence-electron chi connectivity index (χ4n) is 1.76. The van der Waals surface area contributed by atoms with Crippen LogP contribution in [0.25, 0.3) is 0 Å². The molecule has 0 heterocycles. The number of hydrogen-bond acceptors (Lipinski definition) is 0. The minimum Gasteiger partial charge on any atom is -0.102 e. The van der Waals surface area contributed by atoms with Crippen molar-refractivity contribution in [3.63, 3.8) is 0 Å². The van der Waals surface area contributed by atoms with E-state index in [1.807, 2.05) is 18.2 Å². The first kappa shape index (κ1) is 10.7. The number of allylic oxidation sites excluding steroid dienone is 1. The van der Waals surface area contributed by atoms with Crippen molar-refractivity contribution < 1.29 is 0 Å². The molecule has 0 spiro atoms. The van der Waals surface area contributed by atoms with Crippen LogP contribution in [0.4, 0.5) is 0 Å². The highest BCUT2D eigenvalue weighted by molar-refractivity contribution is 5.39. The van der Waals surface area contributed by atoms with Crippen LogP contribution in [-0.4, -0.2) is 0 Å². The van der Waals surface area contributed by atoms with Crippen LogP contribution in [0.5, 0.6) is 0 Å². The molecule has 2 aromatic carbocycles. The highest BCUT2D eigenvalue weighted by Gasteiger charge is 2.08. The van der Waals surface area contributed by atoms with Crippen LogP contribution in [0.3, 0.4) is 0 Å². The molecule has 2 aromatic rings. The largest absolute Gasteiger partial charge is 0.102 e. The van der Waals surface area contributed by atoms with Crippen molar-refractivity contribution in [1.82, 2.24) is 0 Å². The Morgan fingerprint density at radius 3 is 2.00 bits per heavy atom. The Kier molecular flexibility index (Phi) is 3.55. The highest BCUT2D eigenvalue weighted by Crippen LogP contribution is 2.20. The summed E-state index contributed by atoms with van der Waals surface area (Å²) in [6.45, 7) is 3.90. The summed E-state index contributed by atoms with van der Waals surface area (Å²) in [7, 11) is 0. The predicted octanol–water partition coefficient (Wildman–Crippen LogP) is 4.04. The lowest BCUT2D eigenvalue weighted by Gasteiger charge is -2.11. The zero-order chi connectivity index (χ0) is 11.2. The van der Waals surface area contributed by atoms with E-state index < -0.39 is 0 Å². The fourth-order valence-corrected chi connectivity index (χ4v) is 1.76. The third kappa shape index (κ3) is 2.60. The smallest absolute Gasteiger partial charge is 0.0304 e. The molecule has 0 N–H and O–H groups in total.